The smallest absolute Gasteiger partial charge is 0.0136 e. The summed E-state index contributed by atoms with van der Waals surface area (Å²) in [7, 11) is 0. The van der Waals surface area contributed by atoms with Crippen molar-refractivity contribution >= 4 is 0 Å². The zero-order valence-corrected chi connectivity index (χ0v) is 8.15. The van der Waals surface area contributed by atoms with E-state index in [0.29, 0.717) is 0 Å². The predicted octanol–water partition coefficient (Wildman–Crippen LogP) is 3.55. The van der Waals surface area contributed by atoms with E-state index in [1.807, 2.05) is 0 Å². The van der Waals surface area contributed by atoms with Gasteiger partial charge in [0.15, 0.2) is 0 Å². The van der Waals surface area contributed by atoms with Crippen LogP contribution < -0.4 is 0 Å². The highest BCUT2D eigenvalue weighted by Gasteiger charge is 2.42. The van der Waals surface area contributed by atoms with Crippen LogP contribution in [0.4, 0.5) is 0 Å². The number of allylic oxidation sites excluding steroid dienone is 4. The van der Waals surface area contributed by atoms with Gasteiger partial charge in [0.05, 0.1) is 0 Å². The van der Waals surface area contributed by atoms with E-state index in [9.17, 15) is 0 Å². The van der Waals surface area contributed by atoms with Crippen molar-refractivity contribution in [1.29, 1.82) is 0 Å². The first-order valence-corrected chi connectivity index (χ1v) is 5.80. The van der Waals surface area contributed by atoms with Crippen LogP contribution in [0.15, 0.2) is 24.3 Å². The third-order valence-corrected chi connectivity index (χ3v) is 4.21. The summed E-state index contributed by atoms with van der Waals surface area (Å²) in [4.78, 5) is 0. The minimum atomic E-state index is 0.907. The summed E-state index contributed by atoms with van der Waals surface area (Å²) < 4.78 is 0. The average molecular weight is 174 g/mol. The number of hydrogen-bond acceptors (Lipinski definition) is 0. The van der Waals surface area contributed by atoms with Crippen LogP contribution in [-0.4, -0.2) is 0 Å². The van der Waals surface area contributed by atoms with Gasteiger partial charge in [0, 0.05) is 0 Å². The van der Waals surface area contributed by atoms with Gasteiger partial charge >= 0.3 is 0 Å². The molecule has 0 saturated heterocycles. The van der Waals surface area contributed by atoms with Crippen LogP contribution >= 0.6 is 0 Å². The molecule has 1 fully saturated rings. The van der Waals surface area contributed by atoms with E-state index in [1.54, 1.807) is 0 Å². The van der Waals surface area contributed by atoms with Gasteiger partial charge in [0.25, 0.3) is 0 Å². The lowest BCUT2D eigenvalue weighted by atomic mass is 9.78. The third-order valence-electron chi connectivity index (χ3n) is 4.21. The minimum Gasteiger partial charge on any atom is -0.0882 e. The van der Waals surface area contributed by atoms with Gasteiger partial charge in [-0.15, -0.1) is 0 Å². The Morgan fingerprint density at radius 2 is 1.85 bits per heavy atom. The molecule has 0 heterocycles. The fraction of sp³-hybridized carbons (Fsp3) is 0.692. The molecule has 3 aliphatic carbocycles. The lowest BCUT2D eigenvalue weighted by Gasteiger charge is -2.26. The molecule has 0 aromatic rings. The van der Waals surface area contributed by atoms with Crippen LogP contribution in [0.3, 0.4) is 0 Å². The standard InChI is InChI=1S/C13H18/c1-2-4-6-13-11-8-7-10(9-11)12(13)5-3-1/h3,5,7-8,10-13H,1-2,4,6,9H2. The molecule has 0 aromatic heterocycles. The van der Waals surface area contributed by atoms with Crippen LogP contribution in [0.2, 0.25) is 0 Å². The summed E-state index contributed by atoms with van der Waals surface area (Å²) in [5.74, 6) is 3.77. The lowest BCUT2D eigenvalue weighted by molar-refractivity contribution is 0.328. The fourth-order valence-corrected chi connectivity index (χ4v) is 3.55. The Labute approximate surface area is 80.7 Å². The second-order valence-corrected chi connectivity index (χ2v) is 4.90. The van der Waals surface area contributed by atoms with Gasteiger partial charge in [0.1, 0.15) is 0 Å². The van der Waals surface area contributed by atoms with Crippen molar-refractivity contribution in [1.82, 2.24) is 0 Å². The van der Waals surface area contributed by atoms with Gasteiger partial charge in [-0.05, 0) is 49.4 Å². The molecule has 0 amide bonds. The lowest BCUT2D eigenvalue weighted by Crippen LogP contribution is -2.18. The van der Waals surface area contributed by atoms with Gasteiger partial charge in [-0.2, -0.15) is 0 Å². The van der Waals surface area contributed by atoms with E-state index < -0.39 is 0 Å². The van der Waals surface area contributed by atoms with Gasteiger partial charge in [0.2, 0.25) is 0 Å². The number of hydrogen-bond donors (Lipinski definition) is 0. The van der Waals surface area contributed by atoms with Gasteiger partial charge in [-0.25, -0.2) is 0 Å². The van der Waals surface area contributed by atoms with E-state index in [0.717, 1.165) is 23.7 Å². The molecule has 0 radical (unpaired) electrons. The first-order chi connectivity index (χ1) is 6.45. The molecular weight excluding hydrogens is 156 g/mol. The topological polar surface area (TPSA) is 0 Å². The third kappa shape index (κ3) is 1.19. The molecule has 0 nitrogen and oxygen atoms in total. The Kier molecular flexibility index (Phi) is 1.81. The van der Waals surface area contributed by atoms with Crippen molar-refractivity contribution in [3.8, 4) is 0 Å². The zero-order chi connectivity index (χ0) is 8.67. The van der Waals surface area contributed by atoms with E-state index in [-0.39, 0.29) is 0 Å². The second-order valence-electron chi connectivity index (χ2n) is 4.90. The largest absolute Gasteiger partial charge is 0.0882 e. The van der Waals surface area contributed by atoms with Gasteiger partial charge in [-0.1, -0.05) is 30.7 Å². The van der Waals surface area contributed by atoms with Crippen LogP contribution in [-0.2, 0) is 0 Å². The highest BCUT2D eigenvalue weighted by molar-refractivity contribution is 5.17. The summed E-state index contributed by atoms with van der Waals surface area (Å²) in [6.07, 6.45) is 17.1. The Balaban J connectivity index is 1.88. The number of rotatable bonds is 0. The first-order valence-electron chi connectivity index (χ1n) is 5.80. The molecule has 0 heteroatoms. The normalized spacial score (nSPS) is 47.4. The summed E-state index contributed by atoms with van der Waals surface area (Å²) in [6, 6.07) is 0. The van der Waals surface area contributed by atoms with Crippen molar-refractivity contribution in [3.05, 3.63) is 24.3 Å². The summed E-state index contributed by atoms with van der Waals surface area (Å²) in [5.41, 5.74) is 0. The SMILES string of the molecule is C1=CC2C3C=CC(C3)C2CCCC1. The molecule has 3 aliphatic rings. The van der Waals surface area contributed by atoms with E-state index in [4.69, 9.17) is 0 Å². The van der Waals surface area contributed by atoms with Crippen LogP contribution in [0.25, 0.3) is 0 Å². The Morgan fingerprint density at radius 1 is 0.923 bits per heavy atom. The van der Waals surface area contributed by atoms with Gasteiger partial charge in [-0.3, -0.25) is 0 Å². The van der Waals surface area contributed by atoms with Crippen molar-refractivity contribution in [2.24, 2.45) is 23.7 Å². The van der Waals surface area contributed by atoms with Crippen LogP contribution in [0.5, 0.6) is 0 Å². The van der Waals surface area contributed by atoms with Crippen LogP contribution in [0.1, 0.15) is 32.1 Å². The zero-order valence-electron chi connectivity index (χ0n) is 8.15. The Hall–Kier alpha value is -0.520. The molecule has 1 saturated carbocycles. The molecular formula is C13H18. The molecule has 2 bridgehead atoms. The summed E-state index contributed by atoms with van der Waals surface area (Å²) >= 11 is 0. The van der Waals surface area contributed by atoms with Crippen molar-refractivity contribution in [2.75, 3.05) is 0 Å². The molecule has 0 spiro atoms. The number of fused-ring (bicyclic) bond motifs is 5. The van der Waals surface area contributed by atoms with E-state index in [2.05, 4.69) is 24.3 Å². The minimum absolute atomic E-state index is 0.907. The first kappa shape index (κ1) is 7.84. The molecule has 0 aromatic carbocycles. The van der Waals surface area contributed by atoms with Gasteiger partial charge < -0.3 is 0 Å². The van der Waals surface area contributed by atoms with Crippen LogP contribution in [0, 0.1) is 23.7 Å². The molecule has 3 rings (SSSR count). The van der Waals surface area contributed by atoms with Crippen molar-refractivity contribution < 1.29 is 0 Å². The van der Waals surface area contributed by atoms with E-state index >= 15 is 0 Å². The maximum Gasteiger partial charge on any atom is -0.0136 e. The maximum absolute atomic E-state index is 2.53. The average Bonchev–Trinajstić information content (AvgIpc) is 2.62. The second kappa shape index (κ2) is 3.01. The monoisotopic (exact) mass is 174 g/mol. The Bertz CT molecular complexity index is 249. The summed E-state index contributed by atoms with van der Waals surface area (Å²) in [5, 5.41) is 0. The Morgan fingerprint density at radius 3 is 2.85 bits per heavy atom. The molecule has 13 heavy (non-hydrogen) atoms. The maximum atomic E-state index is 2.53. The van der Waals surface area contributed by atoms with Crippen molar-refractivity contribution in [2.45, 2.75) is 32.1 Å². The molecule has 0 N–H and O–H groups in total. The molecule has 0 aliphatic heterocycles. The highest BCUT2D eigenvalue weighted by atomic mass is 14.5. The fourth-order valence-electron chi connectivity index (χ4n) is 3.55. The predicted molar refractivity (Wildman–Crippen MR) is 55.3 cm³/mol. The molecule has 4 unspecified atom stereocenters. The molecule has 4 atom stereocenters. The quantitative estimate of drug-likeness (QED) is 0.493. The van der Waals surface area contributed by atoms with Crippen molar-refractivity contribution in [3.63, 3.8) is 0 Å². The molecule has 70 valence electrons. The van der Waals surface area contributed by atoms with E-state index in [1.165, 1.54) is 32.1 Å². The summed E-state index contributed by atoms with van der Waals surface area (Å²) in [6.45, 7) is 0. The highest BCUT2D eigenvalue weighted by Crippen LogP contribution is 2.50.